The molecule has 36 heteroatoms. The molecule has 11 N–H and O–H groups in total. The molecule has 0 aliphatic rings. The fourth-order valence-corrected chi connectivity index (χ4v) is 17.6. The third-order valence-electron chi connectivity index (χ3n) is 19.9. The van der Waals surface area contributed by atoms with Crippen LogP contribution in [0.3, 0.4) is 0 Å². The first-order valence-corrected chi connectivity index (χ1v) is 51.7. The number of rotatable bonds is 32. The third kappa shape index (κ3) is 27.3. The lowest BCUT2D eigenvalue weighted by molar-refractivity contribution is 0.197. The van der Waals surface area contributed by atoms with E-state index in [0.29, 0.717) is 119 Å². The smallest absolute Gasteiger partial charge is 0.229 e. The van der Waals surface area contributed by atoms with E-state index in [2.05, 4.69) is 131 Å². The Kier molecular flexibility index (Phi) is 34.6. The number of nitrogens with zero attached hydrogens (tertiary/aromatic N) is 10. The molecule has 12 rings (SSSR count). The third-order valence-corrected chi connectivity index (χ3v) is 27.3. The molecule has 0 bridgehead atoms. The zero-order valence-corrected chi connectivity index (χ0v) is 81.3. The highest BCUT2D eigenvalue weighted by molar-refractivity contribution is 7.71. The molecule has 0 unspecified atom stereocenters. The zero-order valence-electron chi connectivity index (χ0n) is 74.7. The molecule has 668 valence electrons. The van der Waals surface area contributed by atoms with Crippen LogP contribution in [0.2, 0.25) is 20.1 Å². The molecule has 0 amide bonds. The zero-order chi connectivity index (χ0) is 92.2. The number of anilines is 16. The van der Waals surface area contributed by atoms with Gasteiger partial charge in [0, 0.05) is 38.8 Å². The minimum atomic E-state index is -2.50. The minimum Gasteiger partial charge on any atom is -0.495 e. The Bertz CT molecular complexity index is 6000. The number of benzene rings is 8. The molecule has 0 atom stereocenters. The van der Waals surface area contributed by atoms with Crippen molar-refractivity contribution in [3.8, 4) is 23.0 Å². The maximum Gasteiger partial charge on any atom is 0.229 e. The van der Waals surface area contributed by atoms with Crippen molar-refractivity contribution in [2.24, 2.45) is 5.73 Å². The molecule has 4 aromatic heterocycles. The molecule has 0 saturated heterocycles. The summed E-state index contributed by atoms with van der Waals surface area (Å²) < 4.78 is 72.9. The van der Waals surface area contributed by atoms with Crippen molar-refractivity contribution in [1.29, 1.82) is 0 Å². The first-order chi connectivity index (χ1) is 59.5. The SMILES string of the molecule is CNC(C)(C)c1ccc(Nc2ncc(Cl)c(Nc3ccccc3P(C)(C)=O)n2)c(OC)c1.COc1cc(C(C)(C)N(C)C)ccc1Nc1ncc(Cl)c(Nc2ccccc2P(C)(C)=O)n1.COc1cc(CCN)ccc1Nc1ncc(Cl)c(Nc2ccccc2P(C)(C)=O)n1.COc1cc(CN(C)C)ccc1Nc1ncc(Cl)c(Nc2ccccc2P(C)(C)=O)n1. The van der Waals surface area contributed by atoms with Crippen LogP contribution in [0, 0.1) is 0 Å². The van der Waals surface area contributed by atoms with E-state index in [-0.39, 0.29) is 11.1 Å². The summed E-state index contributed by atoms with van der Waals surface area (Å²) in [6.07, 6.45) is 6.83. The average molecular weight is 1870 g/mol. The number of aromatic nitrogens is 8. The van der Waals surface area contributed by atoms with Crippen molar-refractivity contribution < 1.29 is 37.2 Å². The Labute approximate surface area is 759 Å². The second-order valence-electron chi connectivity index (χ2n) is 32.0. The number of nitrogens with two attached hydrogens (primary N) is 1. The largest absolute Gasteiger partial charge is 0.495 e. The van der Waals surface area contributed by atoms with Gasteiger partial charge in [-0.15, -0.1) is 0 Å². The van der Waals surface area contributed by atoms with Gasteiger partial charge in [-0.3, -0.25) is 0 Å². The average Bonchev–Trinajstić information content (AvgIpc) is 0.810. The molecule has 0 saturated carbocycles. The number of nitrogens with one attached hydrogen (secondary N) is 9. The van der Waals surface area contributed by atoms with Crippen LogP contribution >= 0.6 is 75.0 Å². The quantitative estimate of drug-likeness (QED) is 0.0175. The first-order valence-electron chi connectivity index (χ1n) is 39.7. The van der Waals surface area contributed by atoms with Crippen molar-refractivity contribution in [2.45, 2.75) is 51.7 Å². The van der Waals surface area contributed by atoms with E-state index < -0.39 is 28.6 Å². The van der Waals surface area contributed by atoms with Crippen LogP contribution in [0.4, 0.5) is 92.6 Å². The lowest BCUT2D eigenvalue weighted by atomic mass is 9.92. The van der Waals surface area contributed by atoms with Gasteiger partial charge in [0.1, 0.15) is 71.7 Å². The number of methoxy groups -OCH3 is 4. The van der Waals surface area contributed by atoms with Gasteiger partial charge in [0.25, 0.3) is 0 Å². The summed E-state index contributed by atoms with van der Waals surface area (Å²) in [6.45, 7) is 23.7. The summed E-state index contributed by atoms with van der Waals surface area (Å²) in [5.41, 5.74) is 15.4. The van der Waals surface area contributed by atoms with Crippen molar-refractivity contribution in [1.82, 2.24) is 55.0 Å². The Hall–Kier alpha value is -10.4. The highest BCUT2D eigenvalue weighted by Crippen LogP contribution is 2.45. The number of hydrogen-bond acceptors (Lipinski definition) is 28. The van der Waals surface area contributed by atoms with E-state index in [9.17, 15) is 18.3 Å². The van der Waals surface area contributed by atoms with E-state index in [1.165, 1.54) is 24.8 Å². The molecule has 12 aromatic rings. The van der Waals surface area contributed by atoms with Crippen LogP contribution in [-0.2, 0) is 42.3 Å². The Morgan fingerprint density at radius 1 is 0.365 bits per heavy atom. The van der Waals surface area contributed by atoms with Crippen LogP contribution in [0.5, 0.6) is 23.0 Å². The fraction of sp³-hybridized carbons (Fsp3) is 0.289. The Morgan fingerprint density at radius 2 is 0.635 bits per heavy atom. The van der Waals surface area contributed by atoms with Gasteiger partial charge in [0.05, 0.1) is 98.7 Å². The maximum absolute atomic E-state index is 12.7. The van der Waals surface area contributed by atoms with Gasteiger partial charge in [-0.25, -0.2) is 19.9 Å². The lowest BCUT2D eigenvalue weighted by Gasteiger charge is -2.33. The summed E-state index contributed by atoms with van der Waals surface area (Å²) >= 11 is 25.3. The van der Waals surface area contributed by atoms with E-state index >= 15 is 0 Å². The molecule has 8 aromatic carbocycles. The van der Waals surface area contributed by atoms with Crippen LogP contribution in [-0.4, -0.2) is 173 Å². The van der Waals surface area contributed by atoms with E-state index in [0.717, 1.165) is 79.2 Å². The summed E-state index contributed by atoms with van der Waals surface area (Å²) in [5.74, 6) is 5.78. The summed E-state index contributed by atoms with van der Waals surface area (Å²) in [4.78, 5) is 39.5. The van der Waals surface area contributed by atoms with Crippen molar-refractivity contribution in [3.05, 3.63) is 237 Å². The van der Waals surface area contributed by atoms with Gasteiger partial charge in [-0.2, -0.15) is 19.9 Å². The summed E-state index contributed by atoms with van der Waals surface area (Å²) in [7, 11) is 6.57. The molecule has 0 fully saturated rings. The van der Waals surface area contributed by atoms with Gasteiger partial charge in [0.2, 0.25) is 23.8 Å². The minimum absolute atomic E-state index is 0.162. The van der Waals surface area contributed by atoms with Gasteiger partial charge >= 0.3 is 0 Å². The maximum atomic E-state index is 12.7. The van der Waals surface area contributed by atoms with Crippen molar-refractivity contribution in [3.63, 3.8) is 0 Å². The van der Waals surface area contributed by atoms with Crippen molar-refractivity contribution in [2.75, 3.05) is 166 Å². The molecule has 0 spiro atoms. The van der Waals surface area contributed by atoms with Gasteiger partial charge < -0.3 is 101 Å². The standard InChI is InChI=1S/C24H31ClN5O2P.C23H29ClN5O2P.C22H27ClN5O2P.C21H25ClN5O2P/c1-24(2,30(3)4)16-12-13-18(20(14-16)32-5)28-23-26-15-17(25)22(29-23)27-19-10-8-9-11-21(19)33(6,7)31;1-23(2,25-3)15-11-12-17(19(13-15)31-4)28-22-26-14-16(24)21(29-22)27-18-9-7-8-10-20(18)32(5,6)30;1-28(2)14-15-10-11-17(19(12-15)30-3)26-22-24-13-16(23)21(27-22)25-18-8-6-7-9-20(18)31(4,5)29;1-29-18-12-14(10-11-23)8-9-16(18)26-21-24-13-15(22)20(27-21)25-17-6-4-5-7-19(17)30(2,3)28/h8-15H,1-7H3,(H2,26,27,28,29);7-14,25H,1-6H3,(H2,26,27,28,29);6-13H,14H2,1-5H3,(H2,24,25,26,27);4-9,12-13H,10-11,23H2,1-3H3,(H2,24,25,26,27). The van der Waals surface area contributed by atoms with Gasteiger partial charge in [-0.1, -0.05) is 119 Å². The number of halogens is 4. The lowest BCUT2D eigenvalue weighted by Crippen LogP contribution is -2.35. The van der Waals surface area contributed by atoms with Gasteiger partial charge in [0.15, 0.2) is 23.3 Å². The second-order valence-corrected chi connectivity index (χ2v) is 46.4. The van der Waals surface area contributed by atoms with E-state index in [4.69, 9.17) is 71.1 Å². The molecular formula is C90H112Cl4N20O8P4. The molecule has 0 aliphatic carbocycles. The van der Waals surface area contributed by atoms with E-state index in [1.54, 1.807) is 81.8 Å². The molecule has 126 heavy (non-hydrogen) atoms. The predicted octanol–water partition coefficient (Wildman–Crippen LogP) is 20.3. The highest BCUT2D eigenvalue weighted by Gasteiger charge is 2.28. The monoisotopic (exact) mass is 1860 g/mol. The second kappa shape index (κ2) is 43.9. The topological polar surface area (TPSA) is 349 Å². The van der Waals surface area contributed by atoms with Crippen LogP contribution in [0.25, 0.3) is 0 Å². The van der Waals surface area contributed by atoms with Crippen LogP contribution in [0.15, 0.2) is 195 Å². The first kappa shape index (κ1) is 99.4. The number of hydrogen-bond donors (Lipinski definition) is 10. The summed E-state index contributed by atoms with van der Waals surface area (Å²) in [5, 5.41) is 33.2. The number of ether oxygens (including phenoxy) is 4. The van der Waals surface area contributed by atoms with Gasteiger partial charge in [-0.05, 0) is 249 Å². The van der Waals surface area contributed by atoms with Crippen LogP contribution < -0.4 is 93.8 Å². The van der Waals surface area contributed by atoms with Crippen molar-refractivity contribution >= 4 is 189 Å². The molecule has 4 heterocycles. The Balaban J connectivity index is 0.000000190. The predicted molar refractivity (Wildman–Crippen MR) is 527 cm³/mol. The molecular weight excluding hydrogens is 1750 g/mol. The fourth-order valence-electron chi connectivity index (χ4n) is 12.5. The summed E-state index contributed by atoms with van der Waals surface area (Å²) in [6, 6.07) is 53.4. The normalized spacial score (nSPS) is 11.7. The molecule has 28 nitrogen and oxygen atoms in total. The van der Waals surface area contributed by atoms with Crippen LogP contribution in [0.1, 0.15) is 49.9 Å². The molecule has 0 aliphatic heterocycles. The molecule has 0 radical (unpaired) electrons. The highest BCUT2D eigenvalue weighted by atomic mass is 35.5. The Morgan fingerprint density at radius 3 is 0.913 bits per heavy atom. The number of para-hydroxylation sites is 4. The van der Waals surface area contributed by atoms with E-state index in [1.807, 2.05) is 199 Å².